The van der Waals surface area contributed by atoms with E-state index >= 15 is 0 Å². The highest BCUT2D eigenvalue weighted by Gasteiger charge is 2.33. The number of nitrogens with one attached hydrogen (secondary N) is 1. The fourth-order valence-electron chi connectivity index (χ4n) is 2.91. The molecule has 2 amide bonds. The summed E-state index contributed by atoms with van der Waals surface area (Å²) in [4.78, 5) is 26.7. The van der Waals surface area contributed by atoms with E-state index in [0.29, 0.717) is 23.6 Å². The second-order valence-electron chi connectivity index (χ2n) is 6.33. The number of unbranched alkanes of at least 4 members (excludes halogenated alkanes) is 1. The van der Waals surface area contributed by atoms with E-state index in [0.717, 1.165) is 18.6 Å². The van der Waals surface area contributed by atoms with Gasteiger partial charge in [-0.05, 0) is 42.8 Å². The van der Waals surface area contributed by atoms with E-state index in [1.54, 1.807) is 42.3 Å². The lowest BCUT2D eigenvalue weighted by Gasteiger charge is -2.34. The number of nitrogens with zero attached hydrogens (tertiary/aromatic N) is 1. The summed E-state index contributed by atoms with van der Waals surface area (Å²) in [5.74, 6) is 0.817. The van der Waals surface area contributed by atoms with Crippen LogP contribution in [0.1, 0.15) is 30.1 Å². The van der Waals surface area contributed by atoms with Crippen LogP contribution in [-0.4, -0.2) is 38.1 Å². The highest BCUT2D eigenvalue weighted by atomic mass is 16.5. The molecule has 3 rings (SSSR count). The first kappa shape index (κ1) is 18.8. The zero-order valence-corrected chi connectivity index (χ0v) is 15.6. The number of anilines is 1. The Bertz CT molecular complexity index is 804. The summed E-state index contributed by atoms with van der Waals surface area (Å²) in [6, 6.07) is 14.3. The minimum absolute atomic E-state index is 0.157. The van der Waals surface area contributed by atoms with Gasteiger partial charge in [0.05, 0.1) is 18.8 Å². The molecule has 1 N–H and O–H groups in total. The molecule has 2 aromatic rings. The van der Waals surface area contributed by atoms with Crippen LogP contribution in [0, 0.1) is 0 Å². The van der Waals surface area contributed by atoms with Crippen LogP contribution in [0.3, 0.4) is 0 Å². The third-order valence-electron chi connectivity index (χ3n) is 4.43. The molecule has 0 saturated heterocycles. The van der Waals surface area contributed by atoms with Crippen molar-refractivity contribution in [3.05, 3.63) is 54.1 Å². The fraction of sp³-hybridized carbons (Fsp3) is 0.333. The predicted molar refractivity (Wildman–Crippen MR) is 103 cm³/mol. The molecule has 1 aliphatic rings. The molecular weight excluding hydrogens is 344 g/mol. The zero-order chi connectivity index (χ0) is 19.2. The molecule has 0 aromatic heterocycles. The molecule has 1 heterocycles. The maximum absolute atomic E-state index is 13.1. The molecule has 0 fully saturated rings. The third kappa shape index (κ3) is 4.22. The standard InChI is InChI=1S/C21H24N2O4/c1-3-4-13-26-16-11-9-15(10-12-16)21(25)23-14-19(20(24)22-2)27-18-8-6-5-7-17(18)23/h5-12,19H,3-4,13-14H2,1-2H3,(H,22,24)/t19-/m1/s1. The molecule has 0 unspecified atom stereocenters. The van der Waals surface area contributed by atoms with Crippen molar-refractivity contribution in [2.45, 2.75) is 25.9 Å². The van der Waals surface area contributed by atoms with Gasteiger partial charge in [0.1, 0.15) is 11.5 Å². The van der Waals surface area contributed by atoms with Crippen molar-refractivity contribution in [2.24, 2.45) is 0 Å². The number of para-hydroxylation sites is 2. The minimum atomic E-state index is -0.745. The van der Waals surface area contributed by atoms with Crippen LogP contribution in [0.4, 0.5) is 5.69 Å². The second-order valence-corrected chi connectivity index (χ2v) is 6.33. The number of carbonyl (C=O) groups excluding carboxylic acids is 2. The maximum atomic E-state index is 13.1. The topological polar surface area (TPSA) is 67.9 Å². The Hall–Kier alpha value is -3.02. The van der Waals surface area contributed by atoms with E-state index in [-0.39, 0.29) is 18.4 Å². The Morgan fingerprint density at radius 3 is 2.63 bits per heavy atom. The van der Waals surface area contributed by atoms with E-state index in [2.05, 4.69) is 12.2 Å². The summed E-state index contributed by atoms with van der Waals surface area (Å²) in [5, 5.41) is 2.58. The highest BCUT2D eigenvalue weighted by molar-refractivity contribution is 6.08. The average Bonchev–Trinajstić information content (AvgIpc) is 2.72. The number of hydrogen-bond donors (Lipinski definition) is 1. The molecule has 0 bridgehead atoms. The van der Waals surface area contributed by atoms with Crippen LogP contribution in [0.15, 0.2) is 48.5 Å². The number of benzene rings is 2. The van der Waals surface area contributed by atoms with Gasteiger partial charge >= 0.3 is 0 Å². The Morgan fingerprint density at radius 1 is 1.19 bits per heavy atom. The van der Waals surface area contributed by atoms with Gasteiger partial charge in [-0.1, -0.05) is 25.5 Å². The van der Waals surface area contributed by atoms with Gasteiger partial charge in [0.15, 0.2) is 6.10 Å². The lowest BCUT2D eigenvalue weighted by molar-refractivity contribution is -0.127. The van der Waals surface area contributed by atoms with Crippen molar-refractivity contribution in [3.8, 4) is 11.5 Å². The molecular formula is C21H24N2O4. The first-order valence-electron chi connectivity index (χ1n) is 9.16. The summed E-state index contributed by atoms with van der Waals surface area (Å²) in [5.41, 5.74) is 1.19. The van der Waals surface area contributed by atoms with Crippen LogP contribution in [0.5, 0.6) is 11.5 Å². The quantitative estimate of drug-likeness (QED) is 0.796. The molecule has 0 aliphatic carbocycles. The lowest BCUT2D eigenvalue weighted by atomic mass is 10.1. The van der Waals surface area contributed by atoms with Crippen LogP contribution in [0.25, 0.3) is 0 Å². The molecule has 0 radical (unpaired) electrons. The second kappa shape index (κ2) is 8.58. The Kier molecular flexibility index (Phi) is 5.96. The van der Waals surface area contributed by atoms with Crippen LogP contribution >= 0.6 is 0 Å². The molecule has 27 heavy (non-hydrogen) atoms. The van der Waals surface area contributed by atoms with Gasteiger partial charge in [0.25, 0.3) is 11.8 Å². The summed E-state index contributed by atoms with van der Waals surface area (Å²) >= 11 is 0. The largest absolute Gasteiger partial charge is 0.494 e. The van der Waals surface area contributed by atoms with Gasteiger partial charge in [-0.2, -0.15) is 0 Å². The molecule has 142 valence electrons. The number of rotatable bonds is 6. The predicted octanol–water partition coefficient (Wildman–Crippen LogP) is 3.02. The van der Waals surface area contributed by atoms with Crippen molar-refractivity contribution in [3.63, 3.8) is 0 Å². The van der Waals surface area contributed by atoms with Crippen molar-refractivity contribution in [1.82, 2.24) is 5.32 Å². The number of fused-ring (bicyclic) bond motifs is 1. The molecule has 0 saturated carbocycles. The number of amides is 2. The number of likely N-dealkylation sites (N-methyl/N-ethyl adjacent to an activating group) is 1. The highest BCUT2D eigenvalue weighted by Crippen LogP contribution is 2.34. The zero-order valence-electron chi connectivity index (χ0n) is 15.6. The SMILES string of the molecule is CCCCOc1ccc(C(=O)N2C[C@H](C(=O)NC)Oc3ccccc32)cc1. The van der Waals surface area contributed by atoms with Gasteiger partial charge in [0.2, 0.25) is 0 Å². The van der Waals surface area contributed by atoms with Gasteiger partial charge in [-0.15, -0.1) is 0 Å². The van der Waals surface area contributed by atoms with Gasteiger partial charge in [-0.3, -0.25) is 9.59 Å². The Morgan fingerprint density at radius 2 is 1.93 bits per heavy atom. The summed E-state index contributed by atoms with van der Waals surface area (Å²) in [7, 11) is 1.55. The first-order valence-corrected chi connectivity index (χ1v) is 9.16. The van der Waals surface area contributed by atoms with Crippen LogP contribution in [-0.2, 0) is 4.79 Å². The third-order valence-corrected chi connectivity index (χ3v) is 4.43. The monoisotopic (exact) mass is 368 g/mol. The normalized spacial score (nSPS) is 15.5. The number of hydrogen-bond acceptors (Lipinski definition) is 4. The van der Waals surface area contributed by atoms with E-state index < -0.39 is 6.10 Å². The van der Waals surface area contributed by atoms with E-state index in [1.807, 2.05) is 18.2 Å². The number of carbonyl (C=O) groups is 2. The average molecular weight is 368 g/mol. The summed E-state index contributed by atoms with van der Waals surface area (Å²) in [6.45, 7) is 2.93. The van der Waals surface area contributed by atoms with E-state index in [9.17, 15) is 9.59 Å². The van der Waals surface area contributed by atoms with Gasteiger partial charge < -0.3 is 19.7 Å². The summed E-state index contributed by atoms with van der Waals surface area (Å²) < 4.78 is 11.4. The van der Waals surface area contributed by atoms with Crippen molar-refractivity contribution < 1.29 is 19.1 Å². The lowest BCUT2D eigenvalue weighted by Crippen LogP contribution is -2.50. The smallest absolute Gasteiger partial charge is 0.262 e. The van der Waals surface area contributed by atoms with Crippen LogP contribution in [0.2, 0.25) is 0 Å². The Balaban J connectivity index is 1.81. The maximum Gasteiger partial charge on any atom is 0.262 e. The van der Waals surface area contributed by atoms with E-state index in [4.69, 9.17) is 9.47 Å². The fourth-order valence-corrected chi connectivity index (χ4v) is 2.91. The first-order chi connectivity index (χ1) is 13.1. The summed E-state index contributed by atoms with van der Waals surface area (Å²) in [6.07, 6.45) is 1.32. The van der Waals surface area contributed by atoms with Crippen LogP contribution < -0.4 is 19.7 Å². The molecule has 6 heteroatoms. The minimum Gasteiger partial charge on any atom is -0.494 e. The van der Waals surface area contributed by atoms with Crippen molar-refractivity contribution >= 4 is 17.5 Å². The van der Waals surface area contributed by atoms with Gasteiger partial charge in [0, 0.05) is 12.6 Å². The molecule has 6 nitrogen and oxygen atoms in total. The van der Waals surface area contributed by atoms with Crippen molar-refractivity contribution in [1.29, 1.82) is 0 Å². The van der Waals surface area contributed by atoms with Crippen molar-refractivity contribution in [2.75, 3.05) is 25.1 Å². The number of ether oxygens (including phenoxy) is 2. The van der Waals surface area contributed by atoms with Gasteiger partial charge in [-0.25, -0.2) is 0 Å². The molecule has 1 aliphatic heterocycles. The molecule has 0 spiro atoms. The van der Waals surface area contributed by atoms with E-state index in [1.165, 1.54) is 0 Å². The molecule has 1 atom stereocenters. The molecule has 2 aromatic carbocycles. The Labute approximate surface area is 159 Å².